The van der Waals surface area contributed by atoms with Crippen molar-refractivity contribution < 1.29 is 9.15 Å². The third kappa shape index (κ3) is 3.76. The van der Waals surface area contributed by atoms with Crippen molar-refractivity contribution >= 4 is 21.6 Å². The summed E-state index contributed by atoms with van der Waals surface area (Å²) in [5.41, 5.74) is 2.02. The molecule has 0 N–H and O–H groups in total. The number of likely N-dealkylation sites (N-methyl/N-ethyl adjacent to an activating group) is 1. The van der Waals surface area contributed by atoms with Gasteiger partial charge in [-0.05, 0) is 46.3 Å². The molecule has 0 radical (unpaired) electrons. The predicted molar refractivity (Wildman–Crippen MR) is 97.4 cm³/mol. The maximum absolute atomic E-state index is 5.77. The van der Waals surface area contributed by atoms with E-state index in [9.17, 15) is 0 Å². The summed E-state index contributed by atoms with van der Waals surface area (Å²) in [6.45, 7) is 0.804. The molecule has 0 unspecified atom stereocenters. The van der Waals surface area contributed by atoms with Crippen LogP contribution in [0, 0.1) is 0 Å². The Bertz CT molecular complexity index is 805. The quantitative estimate of drug-likeness (QED) is 0.634. The molecule has 0 aliphatic heterocycles. The number of nitrogens with zero attached hydrogens (tertiary/aromatic N) is 3. The molecule has 3 rings (SSSR count). The maximum atomic E-state index is 5.77. The minimum Gasteiger partial charge on any atom is -0.496 e. The van der Waals surface area contributed by atoms with Crippen LogP contribution in [-0.2, 0) is 6.42 Å². The van der Waals surface area contributed by atoms with Crippen molar-refractivity contribution in [3.8, 4) is 17.2 Å². The molecule has 0 amide bonds. The molecule has 3 aromatic rings. The van der Waals surface area contributed by atoms with Gasteiger partial charge < -0.3 is 14.1 Å². The summed E-state index contributed by atoms with van der Waals surface area (Å²) in [4.78, 5) is 2.16. The lowest BCUT2D eigenvalue weighted by Gasteiger charge is -2.17. The van der Waals surface area contributed by atoms with Gasteiger partial charge >= 0.3 is 0 Å². The first-order chi connectivity index (χ1) is 11.7. The van der Waals surface area contributed by atoms with Crippen LogP contribution in [-0.4, -0.2) is 30.9 Å². The van der Waals surface area contributed by atoms with Gasteiger partial charge in [0.1, 0.15) is 5.75 Å². The fraction of sp³-hybridized carbons (Fsp3) is 0.222. The predicted octanol–water partition coefficient (Wildman–Crippen LogP) is 4.19. The third-order valence-electron chi connectivity index (χ3n) is 3.72. The lowest BCUT2D eigenvalue weighted by Crippen LogP contribution is -2.20. The third-order valence-corrected chi connectivity index (χ3v) is 4.34. The highest BCUT2D eigenvalue weighted by atomic mass is 79.9. The molecule has 0 saturated carbocycles. The number of rotatable bonds is 6. The van der Waals surface area contributed by atoms with Crippen LogP contribution < -0.4 is 9.64 Å². The van der Waals surface area contributed by atoms with E-state index >= 15 is 0 Å². The van der Waals surface area contributed by atoms with Crippen molar-refractivity contribution in [2.75, 3.05) is 25.6 Å². The highest BCUT2D eigenvalue weighted by molar-refractivity contribution is 9.10. The monoisotopic (exact) mass is 387 g/mol. The van der Waals surface area contributed by atoms with Gasteiger partial charge in [0.15, 0.2) is 0 Å². The first kappa shape index (κ1) is 16.5. The summed E-state index contributed by atoms with van der Waals surface area (Å²) in [7, 11) is 3.68. The molecule has 124 valence electrons. The highest BCUT2D eigenvalue weighted by Gasteiger charge is 2.11. The van der Waals surface area contributed by atoms with Crippen molar-refractivity contribution in [3.63, 3.8) is 0 Å². The molecule has 1 aromatic heterocycles. The second-order valence-corrected chi connectivity index (χ2v) is 6.21. The zero-order valence-electron chi connectivity index (χ0n) is 13.6. The summed E-state index contributed by atoms with van der Waals surface area (Å²) in [5, 5.41) is 8.28. The average molecular weight is 388 g/mol. The Morgan fingerprint density at radius 3 is 2.62 bits per heavy atom. The second-order valence-electron chi connectivity index (χ2n) is 5.36. The van der Waals surface area contributed by atoms with Gasteiger partial charge in [-0.25, -0.2) is 0 Å². The van der Waals surface area contributed by atoms with Crippen LogP contribution in [0.25, 0.3) is 11.5 Å². The van der Waals surface area contributed by atoms with Gasteiger partial charge in [-0.2, -0.15) is 0 Å². The van der Waals surface area contributed by atoms with Gasteiger partial charge in [0.05, 0.1) is 11.6 Å². The number of para-hydroxylation sites is 1. The zero-order valence-corrected chi connectivity index (χ0v) is 15.2. The second kappa shape index (κ2) is 7.49. The molecule has 2 aromatic carbocycles. The molecule has 0 saturated heterocycles. The first-order valence-electron chi connectivity index (χ1n) is 7.60. The van der Waals surface area contributed by atoms with Crippen molar-refractivity contribution in [2.24, 2.45) is 0 Å². The van der Waals surface area contributed by atoms with Crippen LogP contribution in [0.3, 0.4) is 0 Å². The molecule has 24 heavy (non-hydrogen) atoms. The normalized spacial score (nSPS) is 10.6. The van der Waals surface area contributed by atoms with Crippen molar-refractivity contribution in [1.82, 2.24) is 10.2 Å². The lowest BCUT2D eigenvalue weighted by molar-refractivity contribution is 0.412. The van der Waals surface area contributed by atoms with E-state index in [1.807, 2.05) is 43.4 Å². The number of halogens is 1. The van der Waals surface area contributed by atoms with Gasteiger partial charge in [-0.1, -0.05) is 18.2 Å². The maximum Gasteiger partial charge on any atom is 0.247 e. The molecule has 0 atom stereocenters. The van der Waals surface area contributed by atoms with E-state index in [4.69, 9.17) is 9.15 Å². The Balaban J connectivity index is 1.66. The van der Waals surface area contributed by atoms with Gasteiger partial charge in [-0.3, -0.25) is 0 Å². The fourth-order valence-electron chi connectivity index (χ4n) is 2.35. The Hall–Kier alpha value is -2.34. The van der Waals surface area contributed by atoms with E-state index in [2.05, 4.69) is 43.2 Å². The molecule has 5 nitrogen and oxygen atoms in total. The van der Waals surface area contributed by atoms with Crippen LogP contribution in [0.15, 0.2) is 57.4 Å². The highest BCUT2D eigenvalue weighted by Crippen LogP contribution is 2.30. The van der Waals surface area contributed by atoms with Gasteiger partial charge in [0, 0.05) is 31.3 Å². The summed E-state index contributed by atoms with van der Waals surface area (Å²) in [6, 6.07) is 15.9. The van der Waals surface area contributed by atoms with E-state index in [0.717, 1.165) is 28.0 Å². The van der Waals surface area contributed by atoms with Crippen molar-refractivity contribution in [3.05, 3.63) is 58.9 Å². The number of benzene rings is 2. The van der Waals surface area contributed by atoms with E-state index in [0.29, 0.717) is 18.2 Å². The van der Waals surface area contributed by atoms with E-state index in [-0.39, 0.29) is 0 Å². The molecular weight excluding hydrogens is 370 g/mol. The SMILES string of the molecule is COc1ccc(-c2nnc(CCN(C)c3ccccc3)o2)cc1Br. The summed E-state index contributed by atoms with van der Waals surface area (Å²) >= 11 is 3.47. The Labute approximate surface area is 149 Å². The van der Waals surface area contributed by atoms with Crippen LogP contribution in [0.2, 0.25) is 0 Å². The Morgan fingerprint density at radius 2 is 1.92 bits per heavy atom. The lowest BCUT2D eigenvalue weighted by atomic mass is 10.2. The summed E-state index contributed by atoms with van der Waals surface area (Å²) < 4.78 is 11.9. The Kier molecular flexibility index (Phi) is 5.15. The summed E-state index contributed by atoms with van der Waals surface area (Å²) in [5.74, 6) is 1.90. The van der Waals surface area contributed by atoms with E-state index in [1.165, 1.54) is 0 Å². The van der Waals surface area contributed by atoms with Gasteiger partial charge in [0.25, 0.3) is 0 Å². The zero-order chi connectivity index (χ0) is 16.9. The van der Waals surface area contributed by atoms with Crippen LogP contribution in [0.5, 0.6) is 5.75 Å². The first-order valence-corrected chi connectivity index (χ1v) is 8.39. The molecular formula is C18H18BrN3O2. The molecule has 1 heterocycles. The van der Waals surface area contributed by atoms with Crippen LogP contribution >= 0.6 is 15.9 Å². The number of aromatic nitrogens is 2. The van der Waals surface area contributed by atoms with Crippen molar-refractivity contribution in [1.29, 1.82) is 0 Å². The molecule has 0 aliphatic rings. The summed E-state index contributed by atoms with van der Waals surface area (Å²) in [6.07, 6.45) is 0.690. The number of hydrogen-bond donors (Lipinski definition) is 0. The molecule has 0 spiro atoms. The molecule has 0 fully saturated rings. The van der Waals surface area contributed by atoms with Crippen LogP contribution in [0.1, 0.15) is 5.89 Å². The smallest absolute Gasteiger partial charge is 0.247 e. The number of ether oxygens (including phenoxy) is 1. The van der Waals surface area contributed by atoms with Gasteiger partial charge in [-0.15, -0.1) is 10.2 Å². The number of hydrogen-bond acceptors (Lipinski definition) is 5. The van der Waals surface area contributed by atoms with Gasteiger partial charge in [0.2, 0.25) is 11.8 Å². The fourth-order valence-corrected chi connectivity index (χ4v) is 2.89. The van der Waals surface area contributed by atoms with Crippen molar-refractivity contribution in [2.45, 2.75) is 6.42 Å². The minimum atomic E-state index is 0.510. The average Bonchev–Trinajstić information content (AvgIpc) is 3.09. The molecule has 6 heteroatoms. The van der Waals surface area contributed by atoms with Crippen LogP contribution in [0.4, 0.5) is 5.69 Å². The largest absolute Gasteiger partial charge is 0.496 e. The number of anilines is 1. The molecule has 0 aliphatic carbocycles. The Morgan fingerprint density at radius 1 is 1.12 bits per heavy atom. The minimum absolute atomic E-state index is 0.510. The molecule has 0 bridgehead atoms. The van der Waals surface area contributed by atoms with E-state index < -0.39 is 0 Å². The topological polar surface area (TPSA) is 51.4 Å². The standard InChI is InChI=1S/C18H18BrN3O2/c1-22(14-6-4-3-5-7-14)11-10-17-20-21-18(24-17)13-8-9-16(23-2)15(19)12-13/h3-9,12H,10-11H2,1-2H3. The number of methoxy groups -OCH3 is 1. The van der Waals surface area contributed by atoms with E-state index in [1.54, 1.807) is 7.11 Å².